The van der Waals surface area contributed by atoms with Gasteiger partial charge < -0.3 is 14.7 Å². The molecule has 1 atom stereocenters. The monoisotopic (exact) mass is 317 g/mol. The lowest BCUT2D eigenvalue weighted by atomic mass is 10.1. The number of halogens is 1. The molecule has 5 heteroatoms. The molecule has 4 nitrogen and oxygen atoms in total. The van der Waals surface area contributed by atoms with Crippen molar-refractivity contribution in [3.63, 3.8) is 0 Å². The van der Waals surface area contributed by atoms with Crippen LogP contribution >= 0.6 is 0 Å². The van der Waals surface area contributed by atoms with Gasteiger partial charge in [0.25, 0.3) is 0 Å². The number of aliphatic hydroxyl groups excluding tert-OH is 1. The van der Waals surface area contributed by atoms with Gasteiger partial charge in [0.15, 0.2) is 0 Å². The van der Waals surface area contributed by atoms with E-state index in [2.05, 4.69) is 0 Å². The first kappa shape index (κ1) is 17.0. The highest BCUT2D eigenvalue weighted by atomic mass is 19.1. The third-order valence-electron chi connectivity index (χ3n) is 3.61. The van der Waals surface area contributed by atoms with Crippen molar-refractivity contribution in [3.8, 4) is 5.75 Å². The maximum Gasteiger partial charge on any atom is 0.225 e. The first-order valence-electron chi connectivity index (χ1n) is 7.30. The number of nitrogens with zero attached hydrogens (tertiary/aromatic N) is 1. The molecule has 0 bridgehead atoms. The smallest absolute Gasteiger partial charge is 0.225 e. The molecule has 122 valence electrons. The summed E-state index contributed by atoms with van der Waals surface area (Å²) in [4.78, 5) is 13.7. The standard InChI is InChI=1S/C18H20FNO3/c1-20(12-13-6-8-16(23-2)9-7-13)18(22)11-17(21)14-4-3-5-15(19)10-14/h3-10,17,21H,11-12H2,1-2H3. The third kappa shape index (κ3) is 4.79. The minimum atomic E-state index is -1.02. The zero-order valence-electron chi connectivity index (χ0n) is 13.2. The summed E-state index contributed by atoms with van der Waals surface area (Å²) in [5.74, 6) is 0.113. The highest BCUT2D eigenvalue weighted by molar-refractivity contribution is 5.76. The van der Waals surface area contributed by atoms with Crippen LogP contribution in [0, 0.1) is 5.82 Å². The molecule has 2 rings (SSSR count). The first-order chi connectivity index (χ1) is 11.0. The highest BCUT2D eigenvalue weighted by Crippen LogP contribution is 2.19. The van der Waals surface area contributed by atoms with Crippen LogP contribution in [0.2, 0.25) is 0 Å². The SMILES string of the molecule is COc1ccc(CN(C)C(=O)CC(O)c2cccc(F)c2)cc1. The van der Waals surface area contributed by atoms with Crippen LogP contribution in [-0.2, 0) is 11.3 Å². The van der Waals surface area contributed by atoms with Crippen molar-refractivity contribution < 1.29 is 19.0 Å². The molecular formula is C18H20FNO3. The van der Waals surface area contributed by atoms with E-state index in [0.29, 0.717) is 12.1 Å². The van der Waals surface area contributed by atoms with Crippen LogP contribution in [0.5, 0.6) is 5.75 Å². The maximum atomic E-state index is 13.2. The number of benzene rings is 2. The van der Waals surface area contributed by atoms with E-state index in [0.717, 1.165) is 11.3 Å². The number of hydrogen-bond donors (Lipinski definition) is 1. The van der Waals surface area contributed by atoms with Crippen molar-refractivity contribution in [2.75, 3.05) is 14.2 Å². The van der Waals surface area contributed by atoms with E-state index in [-0.39, 0.29) is 12.3 Å². The van der Waals surface area contributed by atoms with E-state index in [9.17, 15) is 14.3 Å². The van der Waals surface area contributed by atoms with E-state index in [4.69, 9.17) is 4.74 Å². The van der Waals surface area contributed by atoms with Crippen molar-refractivity contribution in [1.29, 1.82) is 0 Å². The van der Waals surface area contributed by atoms with Gasteiger partial charge in [-0.2, -0.15) is 0 Å². The highest BCUT2D eigenvalue weighted by Gasteiger charge is 2.17. The molecule has 0 radical (unpaired) electrons. The number of hydrogen-bond acceptors (Lipinski definition) is 3. The summed E-state index contributed by atoms with van der Waals surface area (Å²) in [5.41, 5.74) is 1.36. The van der Waals surface area contributed by atoms with Crippen LogP contribution in [0.15, 0.2) is 48.5 Å². The molecule has 0 aliphatic rings. The van der Waals surface area contributed by atoms with Gasteiger partial charge in [0.1, 0.15) is 11.6 Å². The van der Waals surface area contributed by atoms with E-state index in [1.54, 1.807) is 20.2 Å². The summed E-state index contributed by atoms with van der Waals surface area (Å²) in [6.07, 6.45) is -1.10. The second-order valence-electron chi connectivity index (χ2n) is 5.37. The zero-order chi connectivity index (χ0) is 16.8. The molecular weight excluding hydrogens is 297 g/mol. The number of ether oxygens (including phenoxy) is 1. The average molecular weight is 317 g/mol. The lowest BCUT2D eigenvalue weighted by Gasteiger charge is -2.19. The molecule has 2 aromatic carbocycles. The Labute approximate surface area is 135 Å². The van der Waals surface area contributed by atoms with Gasteiger partial charge >= 0.3 is 0 Å². The first-order valence-corrected chi connectivity index (χ1v) is 7.30. The molecule has 1 N–H and O–H groups in total. The summed E-state index contributed by atoms with van der Waals surface area (Å²) < 4.78 is 18.2. The van der Waals surface area contributed by atoms with Gasteiger partial charge in [-0.05, 0) is 35.4 Å². The zero-order valence-corrected chi connectivity index (χ0v) is 13.2. The van der Waals surface area contributed by atoms with Crippen molar-refractivity contribution in [2.24, 2.45) is 0 Å². The fraction of sp³-hybridized carbons (Fsp3) is 0.278. The summed E-state index contributed by atoms with van der Waals surface area (Å²) >= 11 is 0. The van der Waals surface area contributed by atoms with Crippen molar-refractivity contribution in [3.05, 3.63) is 65.5 Å². The van der Waals surface area contributed by atoms with Crippen molar-refractivity contribution in [2.45, 2.75) is 19.1 Å². The maximum absolute atomic E-state index is 13.2. The Morgan fingerprint density at radius 2 is 1.96 bits per heavy atom. The van der Waals surface area contributed by atoms with Gasteiger partial charge in [0, 0.05) is 13.6 Å². The topological polar surface area (TPSA) is 49.8 Å². The fourth-order valence-electron chi connectivity index (χ4n) is 2.25. The van der Waals surface area contributed by atoms with Gasteiger partial charge in [-0.1, -0.05) is 24.3 Å². The molecule has 1 amide bonds. The predicted molar refractivity (Wildman–Crippen MR) is 85.4 cm³/mol. The Morgan fingerprint density at radius 3 is 2.57 bits per heavy atom. The van der Waals surface area contributed by atoms with Crippen molar-refractivity contribution in [1.82, 2.24) is 4.90 Å². The van der Waals surface area contributed by atoms with Crippen molar-refractivity contribution >= 4 is 5.91 Å². The summed E-state index contributed by atoms with van der Waals surface area (Å²) in [7, 11) is 3.27. The van der Waals surface area contributed by atoms with Gasteiger partial charge in [-0.25, -0.2) is 4.39 Å². The molecule has 0 heterocycles. The number of rotatable bonds is 6. The number of carbonyl (C=O) groups is 1. The van der Waals surface area contributed by atoms with Crippen LogP contribution < -0.4 is 4.74 Å². The molecule has 0 saturated carbocycles. The Bertz CT molecular complexity index is 658. The molecule has 0 spiro atoms. The van der Waals surface area contributed by atoms with Gasteiger partial charge in [0.05, 0.1) is 19.6 Å². The number of aliphatic hydroxyl groups is 1. The predicted octanol–water partition coefficient (Wildman–Crippen LogP) is 2.92. The van der Waals surface area contributed by atoms with E-state index in [1.165, 1.54) is 23.1 Å². The molecule has 1 unspecified atom stereocenters. The largest absolute Gasteiger partial charge is 0.497 e. The Balaban J connectivity index is 1.93. The van der Waals surface area contributed by atoms with Crippen LogP contribution in [0.1, 0.15) is 23.7 Å². The van der Waals surface area contributed by atoms with E-state index in [1.807, 2.05) is 24.3 Å². The lowest BCUT2D eigenvalue weighted by Crippen LogP contribution is -2.27. The summed E-state index contributed by atoms with van der Waals surface area (Å²) in [5, 5.41) is 10.1. The molecule has 0 fully saturated rings. The quantitative estimate of drug-likeness (QED) is 0.891. The van der Waals surface area contributed by atoms with Crippen LogP contribution in [0.25, 0.3) is 0 Å². The minimum absolute atomic E-state index is 0.0872. The average Bonchev–Trinajstić information content (AvgIpc) is 2.55. The number of methoxy groups -OCH3 is 1. The van der Waals surface area contributed by atoms with E-state index >= 15 is 0 Å². The fourth-order valence-corrected chi connectivity index (χ4v) is 2.25. The van der Waals surface area contributed by atoms with Gasteiger partial charge in [0.2, 0.25) is 5.91 Å². The van der Waals surface area contributed by atoms with Crippen LogP contribution in [0.3, 0.4) is 0 Å². The number of carbonyl (C=O) groups excluding carboxylic acids is 1. The van der Waals surface area contributed by atoms with Gasteiger partial charge in [-0.15, -0.1) is 0 Å². The van der Waals surface area contributed by atoms with E-state index < -0.39 is 11.9 Å². The normalized spacial score (nSPS) is 11.8. The third-order valence-corrected chi connectivity index (χ3v) is 3.61. The second-order valence-corrected chi connectivity index (χ2v) is 5.37. The van der Waals surface area contributed by atoms with Gasteiger partial charge in [-0.3, -0.25) is 4.79 Å². The molecule has 0 aliphatic carbocycles. The summed E-state index contributed by atoms with van der Waals surface area (Å²) in [6, 6.07) is 13.1. The number of amides is 1. The molecule has 0 aromatic heterocycles. The lowest BCUT2D eigenvalue weighted by molar-refractivity contribution is -0.132. The summed E-state index contributed by atoms with van der Waals surface area (Å²) in [6.45, 7) is 0.429. The molecule has 0 aliphatic heterocycles. The minimum Gasteiger partial charge on any atom is -0.497 e. The molecule has 0 saturated heterocycles. The van der Waals surface area contributed by atoms with Crippen LogP contribution in [0.4, 0.5) is 4.39 Å². The Morgan fingerprint density at radius 1 is 1.26 bits per heavy atom. The Hall–Kier alpha value is -2.40. The second kappa shape index (κ2) is 7.74. The molecule has 23 heavy (non-hydrogen) atoms. The Kier molecular flexibility index (Phi) is 5.71. The van der Waals surface area contributed by atoms with Crippen LogP contribution in [-0.4, -0.2) is 30.1 Å². The molecule has 2 aromatic rings.